The van der Waals surface area contributed by atoms with E-state index in [9.17, 15) is 0 Å². The third-order valence-electron chi connectivity index (χ3n) is 4.16. The Balaban J connectivity index is 1.75. The minimum Gasteiger partial charge on any atom is -0.366 e. The Morgan fingerprint density at radius 1 is 1.04 bits per heavy atom. The number of nitrogen functional groups attached to an aromatic ring is 1. The third-order valence-corrected chi connectivity index (χ3v) is 4.69. The summed E-state index contributed by atoms with van der Waals surface area (Å²) in [6.07, 6.45) is 0.890. The molecule has 0 saturated heterocycles. The van der Waals surface area contributed by atoms with Crippen molar-refractivity contribution in [3.8, 4) is 0 Å². The lowest BCUT2D eigenvalue weighted by molar-refractivity contribution is 0.431. The van der Waals surface area contributed by atoms with Gasteiger partial charge in [0.1, 0.15) is 0 Å². The van der Waals surface area contributed by atoms with E-state index in [0.29, 0.717) is 5.95 Å². The van der Waals surface area contributed by atoms with Crippen LogP contribution in [0.1, 0.15) is 29.6 Å². The number of nitrogens with one attached hydrogen (secondary N) is 1. The van der Waals surface area contributed by atoms with Gasteiger partial charge in [0.15, 0.2) is 0 Å². The van der Waals surface area contributed by atoms with Gasteiger partial charge in [-0.2, -0.15) is 4.98 Å². The Hall–Kier alpha value is -2.34. The number of halogens is 1. The molecular weight excluding hydrogens is 354 g/mol. The van der Waals surface area contributed by atoms with Crippen LogP contribution in [0.15, 0.2) is 59.1 Å². The van der Waals surface area contributed by atoms with Crippen LogP contribution in [-0.2, 0) is 0 Å². The van der Waals surface area contributed by atoms with Crippen molar-refractivity contribution in [3.05, 3.63) is 70.2 Å². The Morgan fingerprint density at radius 2 is 1.78 bits per heavy atom. The number of hydrogen-bond acceptors (Lipinski definition) is 4. The van der Waals surface area contributed by atoms with Crippen LogP contribution in [0.5, 0.6) is 0 Å². The highest BCUT2D eigenvalue weighted by atomic mass is 79.9. The second-order valence-corrected chi connectivity index (χ2v) is 6.56. The van der Waals surface area contributed by atoms with Gasteiger partial charge in [-0.3, -0.25) is 0 Å². The molecule has 0 radical (unpaired) electrons. The summed E-state index contributed by atoms with van der Waals surface area (Å²) in [5, 5.41) is 7.81. The Labute approximate surface area is 142 Å². The van der Waals surface area contributed by atoms with Crippen molar-refractivity contribution < 1.29 is 0 Å². The maximum Gasteiger partial charge on any atom is 0.241 e. The standard InChI is InChI=1S/C17H16BrN5/c18-13-8-6-11(7-9-13)14-10-15(12-4-2-1-3-5-12)23-17(20-14)21-16(19)22-23/h1-9,14-15H,10H2,(H3,19,20,21,22)/t14-,15+/m1/s1. The molecule has 0 bridgehead atoms. The molecule has 0 aliphatic carbocycles. The second kappa shape index (κ2) is 5.70. The minimum absolute atomic E-state index is 0.117. The van der Waals surface area contributed by atoms with Gasteiger partial charge in [0.2, 0.25) is 11.9 Å². The summed E-state index contributed by atoms with van der Waals surface area (Å²) < 4.78 is 2.96. The maximum absolute atomic E-state index is 5.81. The van der Waals surface area contributed by atoms with Gasteiger partial charge < -0.3 is 11.1 Å². The van der Waals surface area contributed by atoms with E-state index < -0.39 is 0 Å². The first kappa shape index (κ1) is 14.3. The first-order valence-electron chi connectivity index (χ1n) is 7.49. The molecule has 1 aliphatic heterocycles. The average Bonchev–Trinajstić information content (AvgIpc) is 2.95. The van der Waals surface area contributed by atoms with E-state index in [4.69, 9.17) is 5.73 Å². The lowest BCUT2D eigenvalue weighted by Gasteiger charge is -2.31. The smallest absolute Gasteiger partial charge is 0.241 e. The molecule has 0 saturated carbocycles. The zero-order valence-corrected chi connectivity index (χ0v) is 13.9. The predicted octanol–water partition coefficient (Wildman–Crippen LogP) is 3.77. The number of aromatic nitrogens is 3. The predicted molar refractivity (Wildman–Crippen MR) is 94.1 cm³/mol. The molecule has 1 aliphatic rings. The SMILES string of the molecule is Nc1nc2n(n1)[C@H](c1ccccc1)C[C@H](c1ccc(Br)cc1)N2. The van der Waals surface area contributed by atoms with Crippen molar-refractivity contribution in [2.75, 3.05) is 11.1 Å². The van der Waals surface area contributed by atoms with Gasteiger partial charge in [0, 0.05) is 4.47 Å². The van der Waals surface area contributed by atoms with Gasteiger partial charge in [-0.05, 0) is 29.7 Å². The Kier molecular flexibility index (Phi) is 3.53. The zero-order chi connectivity index (χ0) is 15.8. The van der Waals surface area contributed by atoms with E-state index in [-0.39, 0.29) is 12.1 Å². The number of rotatable bonds is 2. The van der Waals surface area contributed by atoms with Crippen molar-refractivity contribution >= 4 is 27.8 Å². The van der Waals surface area contributed by atoms with Crippen molar-refractivity contribution in [1.29, 1.82) is 0 Å². The van der Waals surface area contributed by atoms with Gasteiger partial charge in [0.05, 0.1) is 12.1 Å². The summed E-state index contributed by atoms with van der Waals surface area (Å²) in [5.41, 5.74) is 8.25. The van der Waals surface area contributed by atoms with Crippen molar-refractivity contribution in [1.82, 2.24) is 14.8 Å². The van der Waals surface area contributed by atoms with Crippen molar-refractivity contribution in [3.63, 3.8) is 0 Å². The molecule has 2 atom stereocenters. The Bertz CT molecular complexity index is 813. The summed E-state index contributed by atoms with van der Waals surface area (Å²) in [7, 11) is 0. The minimum atomic E-state index is 0.117. The maximum atomic E-state index is 5.81. The van der Waals surface area contributed by atoms with Gasteiger partial charge in [0.25, 0.3) is 0 Å². The molecule has 116 valence electrons. The van der Waals surface area contributed by atoms with Gasteiger partial charge >= 0.3 is 0 Å². The van der Waals surface area contributed by atoms with Crippen LogP contribution in [-0.4, -0.2) is 14.8 Å². The molecular formula is C17H16BrN5. The highest BCUT2D eigenvalue weighted by Gasteiger charge is 2.30. The molecule has 23 heavy (non-hydrogen) atoms. The van der Waals surface area contributed by atoms with Gasteiger partial charge in [-0.1, -0.05) is 58.4 Å². The van der Waals surface area contributed by atoms with E-state index in [1.54, 1.807) is 0 Å². The van der Waals surface area contributed by atoms with Gasteiger partial charge in [-0.25, -0.2) is 4.68 Å². The summed E-state index contributed by atoms with van der Waals surface area (Å²) in [6, 6.07) is 19.0. The number of nitrogens with two attached hydrogens (primary N) is 1. The highest BCUT2D eigenvalue weighted by Crippen LogP contribution is 2.38. The molecule has 0 spiro atoms. The molecule has 0 fully saturated rings. The van der Waals surface area contributed by atoms with E-state index in [1.165, 1.54) is 11.1 Å². The fraction of sp³-hybridized carbons (Fsp3) is 0.176. The molecule has 5 nitrogen and oxygen atoms in total. The number of benzene rings is 2. The van der Waals surface area contributed by atoms with Crippen LogP contribution in [0.2, 0.25) is 0 Å². The molecule has 1 aromatic heterocycles. The fourth-order valence-corrected chi connectivity index (χ4v) is 3.32. The molecule has 3 aromatic rings. The van der Waals surface area contributed by atoms with Crippen LogP contribution in [0, 0.1) is 0 Å². The molecule has 4 rings (SSSR count). The third kappa shape index (κ3) is 2.70. The van der Waals surface area contributed by atoms with E-state index in [2.05, 4.69) is 67.7 Å². The first-order valence-corrected chi connectivity index (χ1v) is 8.29. The van der Waals surface area contributed by atoms with Gasteiger partial charge in [-0.15, -0.1) is 5.10 Å². The largest absolute Gasteiger partial charge is 0.366 e. The van der Waals surface area contributed by atoms with Crippen molar-refractivity contribution in [2.24, 2.45) is 0 Å². The normalized spacial score (nSPS) is 19.9. The Morgan fingerprint density at radius 3 is 2.52 bits per heavy atom. The summed E-state index contributed by atoms with van der Waals surface area (Å²) >= 11 is 3.48. The van der Waals surface area contributed by atoms with E-state index in [1.807, 2.05) is 22.9 Å². The van der Waals surface area contributed by atoms with E-state index >= 15 is 0 Å². The second-order valence-electron chi connectivity index (χ2n) is 5.65. The number of fused-ring (bicyclic) bond motifs is 1. The quantitative estimate of drug-likeness (QED) is 0.721. The molecule has 0 unspecified atom stereocenters. The van der Waals surface area contributed by atoms with E-state index in [0.717, 1.165) is 16.8 Å². The van der Waals surface area contributed by atoms with Crippen LogP contribution in [0.25, 0.3) is 0 Å². The summed E-state index contributed by atoms with van der Waals surface area (Å²) in [5.74, 6) is 1.01. The topological polar surface area (TPSA) is 68.8 Å². The average molecular weight is 370 g/mol. The number of anilines is 2. The zero-order valence-electron chi connectivity index (χ0n) is 12.4. The monoisotopic (exact) mass is 369 g/mol. The van der Waals surface area contributed by atoms with Crippen LogP contribution < -0.4 is 11.1 Å². The molecule has 6 heteroatoms. The van der Waals surface area contributed by atoms with Crippen LogP contribution in [0.4, 0.5) is 11.9 Å². The molecule has 0 amide bonds. The molecule has 2 heterocycles. The lowest BCUT2D eigenvalue weighted by Crippen LogP contribution is -2.28. The number of hydrogen-bond donors (Lipinski definition) is 2. The van der Waals surface area contributed by atoms with Crippen LogP contribution in [0.3, 0.4) is 0 Å². The number of nitrogens with zero attached hydrogens (tertiary/aromatic N) is 3. The fourth-order valence-electron chi connectivity index (χ4n) is 3.06. The molecule has 2 aromatic carbocycles. The van der Waals surface area contributed by atoms with Crippen molar-refractivity contribution in [2.45, 2.75) is 18.5 Å². The molecule has 3 N–H and O–H groups in total. The summed E-state index contributed by atoms with van der Waals surface area (Å²) in [4.78, 5) is 4.33. The highest BCUT2D eigenvalue weighted by molar-refractivity contribution is 9.10. The van der Waals surface area contributed by atoms with Crippen LogP contribution >= 0.6 is 15.9 Å². The lowest BCUT2D eigenvalue weighted by atomic mass is 9.93. The first-order chi connectivity index (χ1) is 11.2. The summed E-state index contributed by atoms with van der Waals surface area (Å²) in [6.45, 7) is 0.